The second kappa shape index (κ2) is 7.38. The van der Waals surface area contributed by atoms with Gasteiger partial charge in [0.2, 0.25) is 0 Å². The first kappa shape index (κ1) is 15.7. The summed E-state index contributed by atoms with van der Waals surface area (Å²) in [5.74, 6) is 0.0632. The molecule has 0 bridgehead atoms. The number of rotatable bonds is 6. The van der Waals surface area contributed by atoms with Crippen LogP contribution < -0.4 is 10.2 Å². The topological polar surface area (TPSA) is 33.5 Å². The highest BCUT2D eigenvalue weighted by molar-refractivity contribution is 7.09. The summed E-state index contributed by atoms with van der Waals surface area (Å²) in [4.78, 5) is 14.8. The van der Waals surface area contributed by atoms with Crippen molar-refractivity contribution in [2.24, 2.45) is 0 Å². The predicted octanol–water partition coefficient (Wildman–Crippen LogP) is 2.35. The van der Waals surface area contributed by atoms with Crippen LogP contribution in [0.25, 0.3) is 0 Å². The molecule has 0 saturated carbocycles. The molecule has 112 valence electrons. The molecule has 21 heavy (non-hydrogen) atoms. The number of quaternary nitrogens is 1. The molecule has 2 aromatic rings. The number of thiophene rings is 1. The summed E-state index contributed by atoms with van der Waals surface area (Å²) in [5, 5.41) is 5.07. The van der Waals surface area contributed by atoms with Gasteiger partial charge in [0.25, 0.3) is 5.91 Å². The predicted molar refractivity (Wildman–Crippen MR) is 88.8 cm³/mol. The first-order valence-corrected chi connectivity index (χ1v) is 8.22. The summed E-state index contributed by atoms with van der Waals surface area (Å²) < 4.78 is 0. The molecule has 0 aliphatic rings. The van der Waals surface area contributed by atoms with E-state index in [1.165, 1.54) is 15.3 Å². The van der Waals surface area contributed by atoms with Crippen molar-refractivity contribution in [3.63, 3.8) is 0 Å². The van der Waals surface area contributed by atoms with Gasteiger partial charge in [-0.15, -0.1) is 11.3 Å². The summed E-state index contributed by atoms with van der Waals surface area (Å²) in [6, 6.07) is 12.1. The van der Waals surface area contributed by atoms with E-state index in [1.54, 1.807) is 11.3 Å². The van der Waals surface area contributed by atoms with Crippen molar-refractivity contribution in [2.75, 3.05) is 12.4 Å². The van der Waals surface area contributed by atoms with Crippen LogP contribution in [0.2, 0.25) is 0 Å². The number of nitrogens with one attached hydrogen (secondary N) is 2. The Morgan fingerprint density at radius 3 is 2.57 bits per heavy atom. The molecule has 0 fully saturated rings. The minimum Gasteiger partial charge on any atom is -0.323 e. The fourth-order valence-electron chi connectivity index (χ4n) is 2.14. The summed E-state index contributed by atoms with van der Waals surface area (Å²) >= 11 is 1.74. The van der Waals surface area contributed by atoms with E-state index < -0.39 is 0 Å². The van der Waals surface area contributed by atoms with E-state index in [0.717, 1.165) is 18.7 Å². The maximum absolute atomic E-state index is 12.3. The third-order valence-electron chi connectivity index (χ3n) is 3.80. The van der Waals surface area contributed by atoms with E-state index in [9.17, 15) is 4.79 Å². The molecule has 4 heteroatoms. The number of benzene rings is 1. The molecular formula is C17H23N2OS+. The molecule has 2 N–H and O–H groups in total. The molecule has 2 atom stereocenters. The van der Waals surface area contributed by atoms with Gasteiger partial charge in [0.15, 0.2) is 6.04 Å². The van der Waals surface area contributed by atoms with Gasteiger partial charge in [-0.1, -0.05) is 25.1 Å². The van der Waals surface area contributed by atoms with Crippen LogP contribution in [0.1, 0.15) is 24.3 Å². The normalized spacial score (nSPS) is 13.7. The molecule has 0 saturated heterocycles. The van der Waals surface area contributed by atoms with Crippen molar-refractivity contribution in [3.05, 3.63) is 52.2 Å². The van der Waals surface area contributed by atoms with Crippen LogP contribution in [0.4, 0.5) is 5.69 Å². The van der Waals surface area contributed by atoms with Crippen LogP contribution in [0.15, 0.2) is 41.8 Å². The van der Waals surface area contributed by atoms with Crippen molar-refractivity contribution in [2.45, 2.75) is 32.9 Å². The van der Waals surface area contributed by atoms with Gasteiger partial charge in [-0.25, -0.2) is 0 Å². The molecule has 1 amide bonds. The summed E-state index contributed by atoms with van der Waals surface area (Å²) in [6.45, 7) is 4.97. The van der Waals surface area contributed by atoms with E-state index in [4.69, 9.17) is 0 Å². The lowest BCUT2D eigenvalue weighted by atomic mass is 10.1. The number of carbonyl (C=O) groups excluding carboxylic acids is 1. The zero-order valence-electron chi connectivity index (χ0n) is 12.8. The molecule has 0 radical (unpaired) electrons. The Morgan fingerprint density at radius 2 is 2.00 bits per heavy atom. The van der Waals surface area contributed by atoms with Gasteiger partial charge in [-0.3, -0.25) is 4.79 Å². The zero-order chi connectivity index (χ0) is 15.2. The number of amides is 1. The highest BCUT2D eigenvalue weighted by atomic mass is 32.1. The van der Waals surface area contributed by atoms with E-state index >= 15 is 0 Å². The van der Waals surface area contributed by atoms with Crippen LogP contribution >= 0.6 is 11.3 Å². The van der Waals surface area contributed by atoms with Gasteiger partial charge in [-0.05, 0) is 42.5 Å². The largest absolute Gasteiger partial charge is 0.323 e. The van der Waals surface area contributed by atoms with Crippen LogP contribution in [0.5, 0.6) is 0 Å². The fraction of sp³-hybridized carbons (Fsp3) is 0.353. The van der Waals surface area contributed by atoms with E-state index in [-0.39, 0.29) is 11.9 Å². The van der Waals surface area contributed by atoms with E-state index in [1.807, 2.05) is 25.1 Å². The summed E-state index contributed by atoms with van der Waals surface area (Å²) in [6.07, 6.45) is 1.01. The SMILES string of the molecule is CCc1ccc(NC(=O)[C@H](C)[NH+](C)Cc2cccs2)cc1. The van der Waals surface area contributed by atoms with Gasteiger partial charge < -0.3 is 10.2 Å². The smallest absolute Gasteiger partial charge is 0.282 e. The quantitative estimate of drug-likeness (QED) is 0.844. The van der Waals surface area contributed by atoms with Crippen molar-refractivity contribution >= 4 is 22.9 Å². The Kier molecular flexibility index (Phi) is 5.53. The second-order valence-electron chi connectivity index (χ2n) is 5.36. The van der Waals surface area contributed by atoms with Crippen molar-refractivity contribution in [3.8, 4) is 0 Å². The highest BCUT2D eigenvalue weighted by Crippen LogP contribution is 2.10. The lowest BCUT2D eigenvalue weighted by molar-refractivity contribution is -0.907. The number of hydrogen-bond donors (Lipinski definition) is 2. The molecule has 1 aromatic heterocycles. The number of likely N-dealkylation sites (N-methyl/N-ethyl adjacent to an activating group) is 1. The molecule has 0 aliphatic carbocycles. The van der Waals surface area contributed by atoms with Gasteiger partial charge in [0.1, 0.15) is 6.54 Å². The lowest BCUT2D eigenvalue weighted by Crippen LogP contribution is -3.12. The van der Waals surface area contributed by atoms with Gasteiger partial charge in [-0.2, -0.15) is 0 Å². The zero-order valence-corrected chi connectivity index (χ0v) is 13.7. The Balaban J connectivity index is 1.91. The Bertz CT molecular complexity index is 563. The van der Waals surface area contributed by atoms with E-state index in [2.05, 4.69) is 42.9 Å². The third-order valence-corrected chi connectivity index (χ3v) is 4.67. The van der Waals surface area contributed by atoms with Gasteiger partial charge in [0.05, 0.1) is 11.9 Å². The molecule has 3 nitrogen and oxygen atoms in total. The average Bonchev–Trinajstić information content (AvgIpc) is 3.00. The number of carbonyl (C=O) groups is 1. The second-order valence-corrected chi connectivity index (χ2v) is 6.40. The molecule has 0 aliphatic heterocycles. The standard InChI is InChI=1S/C17H22N2OS/c1-4-14-7-9-15(10-8-14)18-17(20)13(2)19(3)12-16-6-5-11-21-16/h5-11,13H,4,12H2,1-3H3,(H,18,20)/p+1/t13-/m0/s1. The minimum atomic E-state index is -0.0852. The monoisotopic (exact) mass is 303 g/mol. The Labute approximate surface area is 130 Å². The van der Waals surface area contributed by atoms with Crippen LogP contribution in [-0.4, -0.2) is 19.0 Å². The number of hydrogen-bond acceptors (Lipinski definition) is 2. The average molecular weight is 303 g/mol. The van der Waals surface area contributed by atoms with Crippen molar-refractivity contribution in [1.82, 2.24) is 0 Å². The van der Waals surface area contributed by atoms with Crippen molar-refractivity contribution < 1.29 is 9.69 Å². The van der Waals surface area contributed by atoms with E-state index in [0.29, 0.717) is 0 Å². The number of anilines is 1. The molecule has 1 unspecified atom stereocenters. The fourth-order valence-corrected chi connectivity index (χ4v) is 2.94. The molecular weight excluding hydrogens is 280 g/mol. The first-order valence-electron chi connectivity index (χ1n) is 7.34. The van der Waals surface area contributed by atoms with Crippen LogP contribution in [0.3, 0.4) is 0 Å². The third kappa shape index (κ3) is 4.41. The van der Waals surface area contributed by atoms with Crippen LogP contribution in [0, 0.1) is 0 Å². The molecule has 1 aromatic carbocycles. The lowest BCUT2D eigenvalue weighted by Gasteiger charge is -2.20. The minimum absolute atomic E-state index is 0.0632. The summed E-state index contributed by atoms with van der Waals surface area (Å²) in [5.41, 5.74) is 2.15. The maximum Gasteiger partial charge on any atom is 0.282 e. The van der Waals surface area contributed by atoms with Crippen molar-refractivity contribution in [1.29, 1.82) is 0 Å². The van der Waals surface area contributed by atoms with Crippen LogP contribution in [-0.2, 0) is 17.8 Å². The molecule has 0 spiro atoms. The van der Waals surface area contributed by atoms with Gasteiger partial charge in [0, 0.05) is 5.69 Å². The molecule has 2 rings (SSSR count). The molecule has 1 heterocycles. The number of aryl methyl sites for hydroxylation is 1. The Morgan fingerprint density at radius 1 is 1.29 bits per heavy atom. The Hall–Kier alpha value is -1.65. The first-order chi connectivity index (χ1) is 10.1. The van der Waals surface area contributed by atoms with Gasteiger partial charge >= 0.3 is 0 Å². The summed E-state index contributed by atoms with van der Waals surface area (Å²) in [7, 11) is 2.06. The highest BCUT2D eigenvalue weighted by Gasteiger charge is 2.22. The maximum atomic E-state index is 12.3.